The highest BCUT2D eigenvalue weighted by Crippen LogP contribution is 2.47. The Labute approximate surface area is 163 Å². The number of benzene rings is 2. The van der Waals surface area contributed by atoms with E-state index in [1.807, 2.05) is 36.4 Å². The molecular formula is C22H21N3O3. The molecule has 2 unspecified atom stereocenters. The smallest absolute Gasteiger partial charge is 0.243 e. The average Bonchev–Trinajstić information content (AvgIpc) is 3.54. The van der Waals surface area contributed by atoms with Gasteiger partial charge in [0.1, 0.15) is 0 Å². The number of hydrazone groups is 1. The highest BCUT2D eigenvalue weighted by atomic mass is 16.5. The Balaban J connectivity index is 1.37. The summed E-state index contributed by atoms with van der Waals surface area (Å²) in [6.07, 6.45) is 2.38. The average molecular weight is 375 g/mol. The van der Waals surface area contributed by atoms with Crippen molar-refractivity contribution >= 4 is 23.0 Å². The Morgan fingerprint density at radius 2 is 1.93 bits per heavy atom. The normalized spacial score (nSPS) is 18.2. The van der Waals surface area contributed by atoms with Gasteiger partial charge in [0.25, 0.3) is 0 Å². The molecule has 28 heavy (non-hydrogen) atoms. The van der Waals surface area contributed by atoms with Crippen LogP contribution < -0.4 is 14.9 Å². The van der Waals surface area contributed by atoms with Gasteiger partial charge in [-0.3, -0.25) is 9.78 Å². The number of hydrogen-bond donors (Lipinski definition) is 1. The van der Waals surface area contributed by atoms with E-state index in [1.165, 1.54) is 0 Å². The summed E-state index contributed by atoms with van der Waals surface area (Å²) in [6.45, 7) is 0. The third kappa shape index (κ3) is 3.67. The van der Waals surface area contributed by atoms with Crippen LogP contribution in [0.25, 0.3) is 10.9 Å². The molecule has 3 aromatic rings. The molecule has 1 aliphatic carbocycles. The van der Waals surface area contributed by atoms with Crippen LogP contribution in [0.1, 0.15) is 23.6 Å². The number of nitrogens with one attached hydrogen (secondary N) is 1. The van der Waals surface area contributed by atoms with Crippen molar-refractivity contribution in [2.75, 3.05) is 14.2 Å². The molecule has 0 bridgehead atoms. The Morgan fingerprint density at radius 1 is 1.11 bits per heavy atom. The predicted molar refractivity (Wildman–Crippen MR) is 108 cm³/mol. The molecule has 2 aromatic carbocycles. The zero-order valence-corrected chi connectivity index (χ0v) is 15.8. The fourth-order valence-electron chi connectivity index (χ4n) is 3.29. The second-order valence-electron chi connectivity index (χ2n) is 6.73. The molecule has 1 aromatic heterocycles. The van der Waals surface area contributed by atoms with E-state index in [9.17, 15) is 4.79 Å². The number of carbonyl (C=O) groups excluding carboxylic acids is 1. The van der Waals surface area contributed by atoms with E-state index in [2.05, 4.69) is 21.6 Å². The van der Waals surface area contributed by atoms with Gasteiger partial charge in [-0.05, 0) is 42.3 Å². The van der Waals surface area contributed by atoms with Crippen LogP contribution in [0.3, 0.4) is 0 Å². The van der Waals surface area contributed by atoms with Gasteiger partial charge in [-0.2, -0.15) is 5.10 Å². The molecule has 6 heteroatoms. The van der Waals surface area contributed by atoms with E-state index in [1.54, 1.807) is 32.6 Å². The van der Waals surface area contributed by atoms with Crippen molar-refractivity contribution < 1.29 is 14.3 Å². The summed E-state index contributed by atoms with van der Waals surface area (Å²) in [6, 6.07) is 17.5. The molecule has 2 atom stereocenters. The van der Waals surface area contributed by atoms with E-state index >= 15 is 0 Å². The second-order valence-corrected chi connectivity index (χ2v) is 6.73. The number of methoxy groups -OCH3 is 2. The first-order valence-electron chi connectivity index (χ1n) is 9.10. The van der Waals surface area contributed by atoms with Gasteiger partial charge in [0.05, 0.1) is 26.0 Å². The zero-order chi connectivity index (χ0) is 19.5. The molecule has 0 saturated heterocycles. The quantitative estimate of drug-likeness (QED) is 0.529. The van der Waals surface area contributed by atoms with Crippen LogP contribution in [0, 0.1) is 5.92 Å². The largest absolute Gasteiger partial charge is 0.493 e. The van der Waals surface area contributed by atoms with Gasteiger partial charge >= 0.3 is 0 Å². The minimum absolute atomic E-state index is 0.0864. The van der Waals surface area contributed by atoms with Crippen LogP contribution in [-0.2, 0) is 4.79 Å². The number of ether oxygens (including phenoxy) is 2. The maximum atomic E-state index is 12.4. The molecule has 1 N–H and O–H groups in total. The molecule has 1 saturated carbocycles. The van der Waals surface area contributed by atoms with Crippen LogP contribution in [0.2, 0.25) is 0 Å². The SMILES string of the molecule is COc1ccc(/C=N\NC(=O)C2CC2c2ccc3ccccc3n2)cc1OC. The van der Waals surface area contributed by atoms with E-state index < -0.39 is 0 Å². The molecule has 1 amide bonds. The van der Waals surface area contributed by atoms with Crippen molar-refractivity contribution in [1.29, 1.82) is 0 Å². The van der Waals surface area contributed by atoms with E-state index in [-0.39, 0.29) is 17.7 Å². The molecule has 1 fully saturated rings. The Kier molecular flexibility index (Phi) is 4.93. The predicted octanol–water partition coefficient (Wildman–Crippen LogP) is 3.51. The topological polar surface area (TPSA) is 72.8 Å². The number of nitrogens with zero attached hydrogens (tertiary/aromatic N) is 2. The third-order valence-electron chi connectivity index (χ3n) is 4.92. The van der Waals surface area contributed by atoms with Crippen LogP contribution >= 0.6 is 0 Å². The zero-order valence-electron chi connectivity index (χ0n) is 15.8. The van der Waals surface area contributed by atoms with Crippen molar-refractivity contribution in [2.45, 2.75) is 12.3 Å². The van der Waals surface area contributed by atoms with Gasteiger partial charge in [0.2, 0.25) is 5.91 Å². The molecular weight excluding hydrogens is 354 g/mol. The number of aromatic nitrogens is 1. The molecule has 142 valence electrons. The van der Waals surface area contributed by atoms with Crippen LogP contribution in [0.4, 0.5) is 0 Å². The number of para-hydroxylation sites is 1. The maximum absolute atomic E-state index is 12.4. The third-order valence-corrected chi connectivity index (χ3v) is 4.92. The summed E-state index contributed by atoms with van der Waals surface area (Å²) < 4.78 is 10.5. The minimum atomic E-state index is -0.0868. The highest BCUT2D eigenvalue weighted by molar-refractivity contribution is 5.86. The molecule has 0 spiro atoms. The number of hydrogen-bond acceptors (Lipinski definition) is 5. The van der Waals surface area contributed by atoms with E-state index in [4.69, 9.17) is 9.47 Å². The summed E-state index contributed by atoms with van der Waals surface area (Å²) in [5.74, 6) is 1.24. The number of fused-ring (bicyclic) bond motifs is 1. The van der Waals surface area contributed by atoms with Crippen molar-refractivity contribution in [3.05, 3.63) is 65.9 Å². The molecule has 0 radical (unpaired) electrons. The van der Waals surface area contributed by atoms with Crippen LogP contribution in [0.5, 0.6) is 11.5 Å². The lowest BCUT2D eigenvalue weighted by Gasteiger charge is -2.07. The Hall–Kier alpha value is -3.41. The van der Waals surface area contributed by atoms with Crippen molar-refractivity contribution in [3.63, 3.8) is 0 Å². The first-order chi connectivity index (χ1) is 13.7. The number of rotatable bonds is 6. The van der Waals surface area contributed by atoms with Gasteiger partial charge in [0.15, 0.2) is 11.5 Å². The summed E-state index contributed by atoms with van der Waals surface area (Å²) in [7, 11) is 3.16. The summed E-state index contributed by atoms with van der Waals surface area (Å²) in [5, 5.41) is 5.17. The molecule has 6 nitrogen and oxygen atoms in total. The Morgan fingerprint density at radius 3 is 2.75 bits per heavy atom. The van der Waals surface area contributed by atoms with Gasteiger partial charge in [-0.15, -0.1) is 0 Å². The van der Waals surface area contributed by atoms with Gasteiger partial charge in [-0.1, -0.05) is 24.3 Å². The molecule has 1 aliphatic rings. The monoisotopic (exact) mass is 375 g/mol. The van der Waals surface area contributed by atoms with E-state index in [0.717, 1.165) is 28.6 Å². The Bertz CT molecular complexity index is 1050. The van der Waals surface area contributed by atoms with Gasteiger partial charge in [0, 0.05) is 22.9 Å². The summed E-state index contributed by atoms with van der Waals surface area (Å²) >= 11 is 0. The minimum Gasteiger partial charge on any atom is -0.493 e. The molecule has 0 aliphatic heterocycles. The lowest BCUT2D eigenvalue weighted by Crippen LogP contribution is -2.20. The van der Waals surface area contributed by atoms with Crippen molar-refractivity contribution in [1.82, 2.24) is 10.4 Å². The van der Waals surface area contributed by atoms with Crippen LogP contribution in [0.15, 0.2) is 59.7 Å². The number of amides is 1. The maximum Gasteiger partial charge on any atom is 0.243 e. The summed E-state index contributed by atoms with van der Waals surface area (Å²) in [5.41, 5.74) is 5.35. The van der Waals surface area contributed by atoms with Crippen LogP contribution in [-0.4, -0.2) is 31.3 Å². The number of pyridine rings is 1. The molecule has 1 heterocycles. The van der Waals surface area contributed by atoms with E-state index in [0.29, 0.717) is 11.5 Å². The van der Waals surface area contributed by atoms with Crippen molar-refractivity contribution in [3.8, 4) is 11.5 Å². The lowest BCUT2D eigenvalue weighted by molar-refractivity contribution is -0.122. The first-order valence-corrected chi connectivity index (χ1v) is 9.10. The second kappa shape index (κ2) is 7.68. The first kappa shape index (κ1) is 18.0. The lowest BCUT2D eigenvalue weighted by atomic mass is 10.1. The highest BCUT2D eigenvalue weighted by Gasteiger charge is 2.45. The fourth-order valence-corrected chi connectivity index (χ4v) is 3.29. The standard InChI is InChI=1S/C22H21N3O3/c1-27-20-10-7-14(11-21(20)28-2)13-23-25-22(26)17-12-16(17)19-9-8-15-5-3-4-6-18(15)24-19/h3-11,13,16-17H,12H2,1-2H3,(H,25,26)/b23-13-. The summed E-state index contributed by atoms with van der Waals surface area (Å²) in [4.78, 5) is 17.1. The number of carbonyl (C=O) groups is 1. The molecule has 4 rings (SSSR count). The fraction of sp³-hybridized carbons (Fsp3) is 0.227. The van der Waals surface area contributed by atoms with Gasteiger partial charge < -0.3 is 9.47 Å². The van der Waals surface area contributed by atoms with Gasteiger partial charge in [-0.25, -0.2) is 5.43 Å². The van der Waals surface area contributed by atoms with Crippen molar-refractivity contribution in [2.24, 2.45) is 11.0 Å².